The predicted molar refractivity (Wildman–Crippen MR) is 123 cm³/mol. The molecule has 0 N–H and O–H groups in total. The van der Waals surface area contributed by atoms with Gasteiger partial charge < -0.3 is 19.1 Å². The first-order valence-corrected chi connectivity index (χ1v) is 11.2. The summed E-state index contributed by atoms with van der Waals surface area (Å²) in [5.41, 5.74) is 0.578. The number of carbonyl (C=O) groups excluding carboxylic acids is 1. The number of amides is 1. The Labute approximate surface area is 194 Å². The molecule has 0 saturated carbocycles. The Balaban J connectivity index is 1.49. The lowest BCUT2D eigenvalue weighted by molar-refractivity contribution is 0.0165. The molecule has 31 heavy (non-hydrogen) atoms. The molecule has 3 rings (SSSR count). The van der Waals surface area contributed by atoms with Crippen LogP contribution in [0.4, 0.5) is 4.79 Å². The third-order valence-corrected chi connectivity index (χ3v) is 5.51. The molecule has 2 aromatic carbocycles. The van der Waals surface area contributed by atoms with Crippen molar-refractivity contribution in [2.24, 2.45) is 5.92 Å². The standard InChI is InChI=1S/C24H29Cl2NO4/c1-24(2,3)31-23(28)27-11-9-18(10-12-27)16-30-22-20(25)13-19(14-21(22)26)29-15-17-7-5-4-6-8-17/h4-8,13-14,18H,9-12,15-16H2,1-3H3. The van der Waals surface area contributed by atoms with Crippen LogP contribution in [0.5, 0.6) is 11.5 Å². The summed E-state index contributed by atoms with van der Waals surface area (Å²) in [7, 11) is 0. The van der Waals surface area contributed by atoms with Crippen LogP contribution in [0.15, 0.2) is 42.5 Å². The lowest BCUT2D eigenvalue weighted by Crippen LogP contribution is -2.42. The SMILES string of the molecule is CC(C)(C)OC(=O)N1CCC(COc2c(Cl)cc(OCc3ccccc3)cc2Cl)CC1. The molecule has 168 valence electrons. The molecule has 2 aromatic rings. The molecule has 7 heteroatoms. The summed E-state index contributed by atoms with van der Waals surface area (Å²) in [4.78, 5) is 13.9. The number of hydrogen-bond acceptors (Lipinski definition) is 4. The molecule has 1 amide bonds. The zero-order valence-corrected chi connectivity index (χ0v) is 19.7. The number of likely N-dealkylation sites (tertiary alicyclic amines) is 1. The van der Waals surface area contributed by atoms with Gasteiger partial charge in [0.2, 0.25) is 0 Å². The first kappa shape index (κ1) is 23.6. The molecule has 1 aliphatic heterocycles. The van der Waals surface area contributed by atoms with E-state index in [-0.39, 0.29) is 6.09 Å². The van der Waals surface area contributed by atoms with Crippen molar-refractivity contribution in [3.8, 4) is 11.5 Å². The van der Waals surface area contributed by atoms with Crippen LogP contribution in [0.3, 0.4) is 0 Å². The highest BCUT2D eigenvalue weighted by molar-refractivity contribution is 6.37. The molecule has 1 fully saturated rings. The fourth-order valence-electron chi connectivity index (χ4n) is 3.31. The molecule has 1 saturated heterocycles. The van der Waals surface area contributed by atoms with Gasteiger partial charge >= 0.3 is 6.09 Å². The largest absolute Gasteiger partial charge is 0.490 e. The van der Waals surface area contributed by atoms with Crippen LogP contribution >= 0.6 is 23.2 Å². The number of hydrogen-bond donors (Lipinski definition) is 0. The van der Waals surface area contributed by atoms with Crippen molar-refractivity contribution in [1.82, 2.24) is 4.90 Å². The van der Waals surface area contributed by atoms with E-state index in [4.69, 9.17) is 37.4 Å². The van der Waals surface area contributed by atoms with Gasteiger partial charge in [-0.15, -0.1) is 0 Å². The molecule has 1 heterocycles. The maximum atomic E-state index is 12.2. The lowest BCUT2D eigenvalue weighted by Gasteiger charge is -2.33. The molecule has 0 atom stereocenters. The maximum absolute atomic E-state index is 12.2. The molecule has 0 aliphatic carbocycles. The summed E-state index contributed by atoms with van der Waals surface area (Å²) in [6, 6.07) is 13.3. The quantitative estimate of drug-likeness (QED) is 0.482. The average Bonchev–Trinajstić information content (AvgIpc) is 2.71. The maximum Gasteiger partial charge on any atom is 0.410 e. The molecule has 0 unspecified atom stereocenters. The molecular formula is C24H29Cl2NO4. The minimum Gasteiger partial charge on any atom is -0.490 e. The number of halogens is 2. The van der Waals surface area contributed by atoms with Gasteiger partial charge in [0, 0.05) is 25.2 Å². The van der Waals surface area contributed by atoms with Gasteiger partial charge in [0.05, 0.1) is 16.7 Å². The summed E-state index contributed by atoms with van der Waals surface area (Å²) in [5.74, 6) is 1.38. The summed E-state index contributed by atoms with van der Waals surface area (Å²) in [6.07, 6.45) is 1.42. The Morgan fingerprint density at radius 1 is 1.03 bits per heavy atom. The smallest absolute Gasteiger partial charge is 0.410 e. The molecule has 1 aliphatic rings. The second kappa shape index (κ2) is 10.5. The van der Waals surface area contributed by atoms with Crippen molar-refractivity contribution in [3.05, 3.63) is 58.1 Å². The Morgan fingerprint density at radius 3 is 2.23 bits per heavy atom. The first-order chi connectivity index (χ1) is 14.7. The average molecular weight is 466 g/mol. The number of ether oxygens (including phenoxy) is 3. The van der Waals surface area contributed by atoms with E-state index in [9.17, 15) is 4.79 Å². The summed E-state index contributed by atoms with van der Waals surface area (Å²) in [6.45, 7) is 7.84. The van der Waals surface area contributed by atoms with Crippen LogP contribution < -0.4 is 9.47 Å². The van der Waals surface area contributed by atoms with Crippen molar-refractivity contribution < 1.29 is 19.0 Å². The third-order valence-electron chi connectivity index (χ3n) is 4.95. The topological polar surface area (TPSA) is 48.0 Å². The van der Waals surface area contributed by atoms with E-state index >= 15 is 0 Å². The van der Waals surface area contributed by atoms with E-state index in [2.05, 4.69) is 0 Å². The van der Waals surface area contributed by atoms with E-state index in [0.717, 1.165) is 18.4 Å². The minimum absolute atomic E-state index is 0.260. The predicted octanol–water partition coefficient (Wildman–Crippen LogP) is 6.60. The van der Waals surface area contributed by atoms with Crippen LogP contribution in [0.2, 0.25) is 10.0 Å². The summed E-state index contributed by atoms with van der Waals surface area (Å²) >= 11 is 12.8. The number of benzene rings is 2. The van der Waals surface area contributed by atoms with E-state index in [1.54, 1.807) is 17.0 Å². The van der Waals surface area contributed by atoms with Gasteiger partial charge in [0.15, 0.2) is 5.75 Å². The van der Waals surface area contributed by atoms with Crippen molar-refractivity contribution in [2.45, 2.75) is 45.8 Å². The van der Waals surface area contributed by atoms with Gasteiger partial charge in [-0.2, -0.15) is 0 Å². The zero-order chi connectivity index (χ0) is 22.4. The van der Waals surface area contributed by atoms with E-state index in [0.29, 0.717) is 53.8 Å². The van der Waals surface area contributed by atoms with E-state index in [1.165, 1.54) is 0 Å². The molecule has 5 nitrogen and oxygen atoms in total. The Bertz CT molecular complexity index is 852. The second-order valence-electron chi connectivity index (χ2n) is 8.71. The van der Waals surface area contributed by atoms with Gasteiger partial charge in [-0.05, 0) is 45.1 Å². The molecular weight excluding hydrogens is 437 g/mol. The highest BCUT2D eigenvalue weighted by atomic mass is 35.5. The van der Waals surface area contributed by atoms with E-state index < -0.39 is 5.60 Å². The summed E-state index contributed by atoms with van der Waals surface area (Å²) in [5, 5.41) is 0.837. The normalized spacial score (nSPS) is 14.9. The van der Waals surface area contributed by atoms with Crippen LogP contribution in [-0.4, -0.2) is 36.3 Å². The Morgan fingerprint density at radius 2 is 1.65 bits per heavy atom. The van der Waals surface area contributed by atoms with Gasteiger partial charge in [0.1, 0.15) is 18.0 Å². The monoisotopic (exact) mass is 465 g/mol. The van der Waals surface area contributed by atoms with Gasteiger partial charge in [-0.25, -0.2) is 4.79 Å². The van der Waals surface area contributed by atoms with Crippen LogP contribution in [0.25, 0.3) is 0 Å². The highest BCUT2D eigenvalue weighted by Crippen LogP contribution is 2.37. The van der Waals surface area contributed by atoms with Crippen LogP contribution in [0, 0.1) is 5.92 Å². The van der Waals surface area contributed by atoms with E-state index in [1.807, 2.05) is 51.1 Å². The van der Waals surface area contributed by atoms with Gasteiger partial charge in [-0.1, -0.05) is 53.5 Å². The van der Waals surface area contributed by atoms with Gasteiger partial charge in [-0.3, -0.25) is 0 Å². The number of carbonyl (C=O) groups is 1. The first-order valence-electron chi connectivity index (χ1n) is 10.5. The molecule has 0 bridgehead atoms. The molecule has 0 radical (unpaired) electrons. The third kappa shape index (κ3) is 7.22. The minimum atomic E-state index is -0.485. The van der Waals surface area contributed by atoms with Crippen LogP contribution in [-0.2, 0) is 11.3 Å². The van der Waals surface area contributed by atoms with Crippen molar-refractivity contribution >= 4 is 29.3 Å². The molecule has 0 spiro atoms. The van der Waals surface area contributed by atoms with Crippen molar-refractivity contribution in [1.29, 1.82) is 0 Å². The van der Waals surface area contributed by atoms with Crippen molar-refractivity contribution in [2.75, 3.05) is 19.7 Å². The summed E-state index contributed by atoms with van der Waals surface area (Å²) < 4.78 is 17.2. The Kier molecular flexibility index (Phi) is 7.95. The highest BCUT2D eigenvalue weighted by Gasteiger charge is 2.27. The fraction of sp³-hybridized carbons (Fsp3) is 0.458. The van der Waals surface area contributed by atoms with Crippen molar-refractivity contribution in [3.63, 3.8) is 0 Å². The zero-order valence-electron chi connectivity index (χ0n) is 18.2. The lowest BCUT2D eigenvalue weighted by atomic mass is 9.98. The number of nitrogens with zero attached hydrogens (tertiary/aromatic N) is 1. The number of rotatable bonds is 6. The number of piperidine rings is 1. The van der Waals surface area contributed by atoms with Crippen LogP contribution in [0.1, 0.15) is 39.2 Å². The fourth-order valence-corrected chi connectivity index (χ4v) is 3.88. The Hall–Kier alpha value is -2.11. The molecule has 0 aromatic heterocycles. The second-order valence-corrected chi connectivity index (χ2v) is 9.53. The van der Waals surface area contributed by atoms with Gasteiger partial charge in [0.25, 0.3) is 0 Å².